The van der Waals surface area contributed by atoms with E-state index in [0.29, 0.717) is 5.92 Å². The van der Waals surface area contributed by atoms with Gasteiger partial charge in [0.15, 0.2) is 0 Å². The second-order valence-corrected chi connectivity index (χ2v) is 6.91. The summed E-state index contributed by atoms with van der Waals surface area (Å²) in [6.07, 6.45) is 2.34. The lowest BCUT2D eigenvalue weighted by Crippen LogP contribution is -2.42. The summed E-state index contributed by atoms with van der Waals surface area (Å²) in [6, 6.07) is 6.60. The quantitative estimate of drug-likeness (QED) is 0.892. The van der Waals surface area contributed by atoms with Crippen LogP contribution < -0.4 is 10.5 Å². The predicted molar refractivity (Wildman–Crippen MR) is 80.7 cm³/mol. The molecule has 1 saturated carbocycles. The molecular formula is C17H27NO. The monoisotopic (exact) mass is 261 g/mol. The SMILES string of the molecule is Cc1ccc(C(C)C)c(OC2CCC(C)(C)C2N)c1. The van der Waals surface area contributed by atoms with E-state index < -0.39 is 0 Å². The summed E-state index contributed by atoms with van der Waals surface area (Å²) in [5.41, 5.74) is 9.05. The average molecular weight is 261 g/mol. The Kier molecular flexibility index (Phi) is 3.91. The molecule has 0 radical (unpaired) electrons. The third-order valence-corrected chi connectivity index (χ3v) is 4.45. The van der Waals surface area contributed by atoms with Gasteiger partial charge >= 0.3 is 0 Å². The van der Waals surface area contributed by atoms with Gasteiger partial charge in [-0.15, -0.1) is 0 Å². The maximum absolute atomic E-state index is 6.34. The summed E-state index contributed by atoms with van der Waals surface area (Å²) in [7, 11) is 0. The van der Waals surface area contributed by atoms with Crippen molar-refractivity contribution in [3.8, 4) is 5.75 Å². The van der Waals surface area contributed by atoms with Crippen LogP contribution in [0, 0.1) is 12.3 Å². The minimum Gasteiger partial charge on any atom is -0.488 e. The Morgan fingerprint density at radius 1 is 1.32 bits per heavy atom. The van der Waals surface area contributed by atoms with Crippen molar-refractivity contribution >= 4 is 0 Å². The molecule has 1 aromatic rings. The first-order valence-corrected chi connectivity index (χ1v) is 7.34. The highest BCUT2D eigenvalue weighted by atomic mass is 16.5. The molecule has 2 atom stereocenters. The third-order valence-electron chi connectivity index (χ3n) is 4.45. The van der Waals surface area contributed by atoms with Gasteiger partial charge in [0.05, 0.1) is 0 Å². The number of benzene rings is 1. The number of hydrogen-bond acceptors (Lipinski definition) is 2. The van der Waals surface area contributed by atoms with Crippen LogP contribution in [-0.2, 0) is 0 Å². The van der Waals surface area contributed by atoms with E-state index in [2.05, 4.69) is 52.8 Å². The van der Waals surface area contributed by atoms with Crippen molar-refractivity contribution in [1.82, 2.24) is 0 Å². The summed E-state index contributed by atoms with van der Waals surface area (Å²) in [5, 5.41) is 0. The van der Waals surface area contributed by atoms with Gasteiger partial charge in [0.1, 0.15) is 11.9 Å². The molecule has 2 heteroatoms. The van der Waals surface area contributed by atoms with Crippen LogP contribution in [0.2, 0.25) is 0 Å². The number of hydrogen-bond donors (Lipinski definition) is 1. The lowest BCUT2D eigenvalue weighted by Gasteiger charge is -2.28. The van der Waals surface area contributed by atoms with Gasteiger partial charge in [0.2, 0.25) is 0 Å². The molecule has 2 unspecified atom stereocenters. The van der Waals surface area contributed by atoms with E-state index in [1.807, 2.05) is 0 Å². The lowest BCUT2D eigenvalue weighted by atomic mass is 9.87. The molecule has 0 aliphatic heterocycles. The fourth-order valence-corrected chi connectivity index (χ4v) is 2.88. The van der Waals surface area contributed by atoms with Crippen molar-refractivity contribution < 1.29 is 4.74 Å². The number of aryl methyl sites for hydroxylation is 1. The van der Waals surface area contributed by atoms with Crippen LogP contribution in [0.5, 0.6) is 5.75 Å². The second-order valence-electron chi connectivity index (χ2n) is 6.91. The second kappa shape index (κ2) is 5.16. The molecule has 2 rings (SSSR count). The third kappa shape index (κ3) is 2.94. The molecule has 0 saturated heterocycles. The van der Waals surface area contributed by atoms with Gasteiger partial charge in [-0.25, -0.2) is 0 Å². The van der Waals surface area contributed by atoms with Gasteiger partial charge in [-0.2, -0.15) is 0 Å². The Hall–Kier alpha value is -1.02. The zero-order chi connectivity index (χ0) is 14.2. The van der Waals surface area contributed by atoms with E-state index >= 15 is 0 Å². The molecular weight excluding hydrogens is 234 g/mol. The van der Waals surface area contributed by atoms with E-state index in [-0.39, 0.29) is 17.6 Å². The Balaban J connectivity index is 2.22. The van der Waals surface area contributed by atoms with E-state index in [1.54, 1.807) is 0 Å². The molecule has 0 aromatic heterocycles. The topological polar surface area (TPSA) is 35.2 Å². The molecule has 0 amide bonds. The summed E-state index contributed by atoms with van der Waals surface area (Å²) >= 11 is 0. The maximum Gasteiger partial charge on any atom is 0.123 e. The smallest absolute Gasteiger partial charge is 0.123 e. The van der Waals surface area contributed by atoms with E-state index in [1.165, 1.54) is 11.1 Å². The zero-order valence-corrected chi connectivity index (χ0v) is 12.9. The van der Waals surface area contributed by atoms with Crippen LogP contribution >= 0.6 is 0 Å². The van der Waals surface area contributed by atoms with Crippen LogP contribution in [0.3, 0.4) is 0 Å². The van der Waals surface area contributed by atoms with Crippen LogP contribution in [-0.4, -0.2) is 12.1 Å². The molecule has 2 N–H and O–H groups in total. The molecule has 1 aliphatic carbocycles. The molecule has 0 heterocycles. The largest absolute Gasteiger partial charge is 0.488 e. The van der Waals surface area contributed by atoms with E-state index in [9.17, 15) is 0 Å². The summed E-state index contributed by atoms with van der Waals surface area (Å²) in [4.78, 5) is 0. The Labute approximate surface area is 117 Å². The van der Waals surface area contributed by atoms with E-state index in [4.69, 9.17) is 10.5 Å². The van der Waals surface area contributed by atoms with E-state index in [0.717, 1.165) is 18.6 Å². The first-order chi connectivity index (χ1) is 8.81. The Morgan fingerprint density at radius 2 is 2.00 bits per heavy atom. The summed E-state index contributed by atoms with van der Waals surface area (Å²) < 4.78 is 6.27. The molecule has 106 valence electrons. The zero-order valence-electron chi connectivity index (χ0n) is 12.9. The van der Waals surface area contributed by atoms with Gasteiger partial charge in [-0.05, 0) is 48.3 Å². The van der Waals surface area contributed by atoms with Crippen LogP contribution in [0.15, 0.2) is 18.2 Å². The van der Waals surface area contributed by atoms with Crippen molar-refractivity contribution in [3.05, 3.63) is 29.3 Å². The summed E-state index contributed by atoms with van der Waals surface area (Å²) in [5.74, 6) is 1.49. The first-order valence-electron chi connectivity index (χ1n) is 7.34. The molecule has 1 fully saturated rings. The van der Waals surface area contributed by atoms with Crippen molar-refractivity contribution in [3.63, 3.8) is 0 Å². The van der Waals surface area contributed by atoms with Crippen molar-refractivity contribution in [2.24, 2.45) is 11.1 Å². The molecule has 0 bridgehead atoms. The fraction of sp³-hybridized carbons (Fsp3) is 0.647. The summed E-state index contributed by atoms with van der Waals surface area (Å²) in [6.45, 7) is 11.0. The van der Waals surface area contributed by atoms with Crippen molar-refractivity contribution in [2.75, 3.05) is 0 Å². The number of nitrogens with two attached hydrogens (primary N) is 1. The minimum atomic E-state index is 0.119. The van der Waals surface area contributed by atoms with Crippen LogP contribution in [0.1, 0.15) is 57.6 Å². The Bertz CT molecular complexity index is 451. The Morgan fingerprint density at radius 3 is 2.53 bits per heavy atom. The van der Waals surface area contributed by atoms with Gasteiger partial charge in [0.25, 0.3) is 0 Å². The number of rotatable bonds is 3. The van der Waals surface area contributed by atoms with Crippen molar-refractivity contribution in [2.45, 2.75) is 65.5 Å². The molecule has 2 nitrogen and oxygen atoms in total. The first kappa shape index (κ1) is 14.4. The highest BCUT2D eigenvalue weighted by Crippen LogP contribution is 2.39. The maximum atomic E-state index is 6.34. The minimum absolute atomic E-state index is 0.119. The van der Waals surface area contributed by atoms with Crippen LogP contribution in [0.4, 0.5) is 0 Å². The fourth-order valence-electron chi connectivity index (χ4n) is 2.88. The van der Waals surface area contributed by atoms with Gasteiger partial charge in [0, 0.05) is 6.04 Å². The normalized spacial score (nSPS) is 25.8. The van der Waals surface area contributed by atoms with Gasteiger partial charge in [-0.1, -0.05) is 39.8 Å². The predicted octanol–water partition coefficient (Wildman–Crippen LogP) is 4.01. The number of ether oxygens (including phenoxy) is 1. The molecule has 0 spiro atoms. The average Bonchev–Trinajstić information content (AvgIpc) is 2.56. The lowest BCUT2D eigenvalue weighted by molar-refractivity contribution is 0.163. The molecule has 19 heavy (non-hydrogen) atoms. The van der Waals surface area contributed by atoms with Crippen molar-refractivity contribution in [1.29, 1.82) is 0 Å². The van der Waals surface area contributed by atoms with Crippen LogP contribution in [0.25, 0.3) is 0 Å². The molecule has 1 aliphatic rings. The standard InChI is InChI=1S/C17H27NO/c1-11(2)13-7-6-12(3)10-15(13)19-14-8-9-17(4,5)16(14)18/h6-7,10-11,14,16H,8-9,18H2,1-5H3. The molecule has 1 aromatic carbocycles. The van der Waals surface area contributed by atoms with Gasteiger partial charge < -0.3 is 10.5 Å². The van der Waals surface area contributed by atoms with Gasteiger partial charge in [-0.3, -0.25) is 0 Å². The highest BCUT2D eigenvalue weighted by Gasteiger charge is 2.41. The highest BCUT2D eigenvalue weighted by molar-refractivity contribution is 5.39.